The Hall–Kier alpha value is -1.99. The van der Waals surface area contributed by atoms with Crippen LogP contribution in [0, 0.1) is 0 Å². The van der Waals surface area contributed by atoms with Gasteiger partial charge in [-0.25, -0.2) is 9.97 Å². The predicted octanol–water partition coefficient (Wildman–Crippen LogP) is 4.14. The molecule has 0 spiro atoms. The Kier molecular flexibility index (Phi) is 6.45. The molecule has 0 amide bonds. The normalized spacial score (nSPS) is 20.6. The molecule has 2 aromatic rings. The highest BCUT2D eigenvalue weighted by molar-refractivity contribution is 9.10. The van der Waals surface area contributed by atoms with E-state index in [1.54, 1.807) is 18.3 Å². The first-order valence-electron chi connectivity index (χ1n) is 10.5. The van der Waals surface area contributed by atoms with Crippen LogP contribution in [0.2, 0.25) is 0 Å². The second-order valence-corrected chi connectivity index (χ2v) is 8.92. The van der Waals surface area contributed by atoms with Crippen molar-refractivity contribution < 1.29 is 6.22 Å². The average Bonchev–Trinajstić information content (AvgIpc) is 2.76. The second kappa shape index (κ2) is 9.22. The summed E-state index contributed by atoms with van der Waals surface area (Å²) in [7, 11) is 0. The fourth-order valence-electron chi connectivity index (χ4n) is 4.41. The average molecular weight is 460 g/mol. The van der Waals surface area contributed by atoms with Crippen LogP contribution >= 0.6 is 15.9 Å². The summed E-state index contributed by atoms with van der Waals surface area (Å²) in [4.78, 5) is 26.8. The van der Waals surface area contributed by atoms with E-state index in [0.717, 1.165) is 23.4 Å². The van der Waals surface area contributed by atoms with Gasteiger partial charge in [-0.15, -0.1) is 0 Å². The summed E-state index contributed by atoms with van der Waals surface area (Å²) < 4.78 is 0.726. The van der Waals surface area contributed by atoms with E-state index >= 15 is 0 Å². The van der Waals surface area contributed by atoms with E-state index in [9.17, 15) is 4.79 Å². The topological polar surface area (TPSA) is 75.3 Å². The number of anilines is 2. The molecule has 0 aromatic carbocycles. The van der Waals surface area contributed by atoms with Crippen LogP contribution in [-0.2, 0) is 0 Å². The summed E-state index contributed by atoms with van der Waals surface area (Å²) in [5.41, 5.74) is 6.73. The Morgan fingerprint density at radius 3 is 2.79 bits per heavy atom. The number of ketones is 1. The van der Waals surface area contributed by atoms with Crippen LogP contribution < -0.4 is 10.6 Å². The molecule has 0 saturated carbocycles. The van der Waals surface area contributed by atoms with E-state index in [4.69, 9.17) is 10.7 Å². The lowest BCUT2D eigenvalue weighted by Crippen LogP contribution is -2.48. The summed E-state index contributed by atoms with van der Waals surface area (Å²) >= 11 is 3.37. The summed E-state index contributed by atoms with van der Waals surface area (Å²) in [6, 6.07) is 7.86. The van der Waals surface area contributed by atoms with Crippen molar-refractivity contribution in [2.75, 3.05) is 36.8 Å². The molecule has 0 bridgehead atoms. The molecule has 2 aliphatic heterocycles. The van der Waals surface area contributed by atoms with Crippen molar-refractivity contribution in [3.05, 3.63) is 46.2 Å². The smallest absolute Gasteiger partial charge is 0.215 e. The van der Waals surface area contributed by atoms with Crippen LogP contribution in [-0.4, -0.2) is 52.9 Å². The van der Waals surface area contributed by atoms with Crippen molar-refractivity contribution in [3.63, 3.8) is 0 Å². The molecular formula is C22H30BrN5O. The number of hydrogen-bond donors (Lipinski definition) is 1. The molecule has 0 radical (unpaired) electrons. The minimum atomic E-state index is -0.192. The monoisotopic (exact) mass is 459 g/mol. The number of piperidine rings is 2. The molecule has 2 fully saturated rings. The van der Waals surface area contributed by atoms with Crippen molar-refractivity contribution in [1.82, 2.24) is 14.9 Å². The molecule has 1 unspecified atom stereocenters. The zero-order valence-corrected chi connectivity index (χ0v) is 18.3. The number of carbonyl (C=O) groups excluding carboxylic acids is 1. The van der Waals surface area contributed by atoms with Gasteiger partial charge in [0.2, 0.25) is 5.78 Å². The van der Waals surface area contributed by atoms with Crippen LogP contribution in [0.4, 0.5) is 11.6 Å². The standard InChI is InChI=1S/C22H28BrN5O.H2/c23-16-13-18(22(24)25-14-16)21(29)19-8-6-9-20(26-19)28-12-5-2-7-17(28)15-27-10-3-1-4-11-27;/h6,8-9,13-14,17H,1-5,7,10-12,15H2,(H2,24,25);1H. The molecule has 2 N–H and O–H groups in total. The van der Waals surface area contributed by atoms with Crippen LogP contribution in [0.1, 0.15) is 56.0 Å². The minimum Gasteiger partial charge on any atom is -0.383 e. The van der Waals surface area contributed by atoms with E-state index < -0.39 is 0 Å². The lowest BCUT2D eigenvalue weighted by Gasteiger charge is -2.40. The second-order valence-electron chi connectivity index (χ2n) is 8.00. The number of rotatable bonds is 5. The van der Waals surface area contributed by atoms with Gasteiger partial charge < -0.3 is 15.5 Å². The van der Waals surface area contributed by atoms with Crippen LogP contribution in [0.3, 0.4) is 0 Å². The Balaban J connectivity index is 0.00000256. The van der Waals surface area contributed by atoms with Crippen molar-refractivity contribution >= 4 is 33.3 Å². The van der Waals surface area contributed by atoms with Crippen LogP contribution in [0.15, 0.2) is 34.9 Å². The third-order valence-electron chi connectivity index (χ3n) is 5.94. The Morgan fingerprint density at radius 1 is 1.17 bits per heavy atom. The first-order valence-corrected chi connectivity index (χ1v) is 11.3. The Morgan fingerprint density at radius 2 is 1.97 bits per heavy atom. The van der Waals surface area contributed by atoms with Gasteiger partial charge in [0, 0.05) is 31.2 Å². The van der Waals surface area contributed by atoms with Crippen LogP contribution in [0.25, 0.3) is 0 Å². The zero-order chi connectivity index (χ0) is 20.2. The van der Waals surface area contributed by atoms with E-state index in [1.165, 1.54) is 51.6 Å². The fourth-order valence-corrected chi connectivity index (χ4v) is 4.74. The summed E-state index contributed by atoms with van der Waals surface area (Å²) in [5.74, 6) is 0.924. The van der Waals surface area contributed by atoms with Gasteiger partial charge in [-0.1, -0.05) is 12.5 Å². The molecule has 1 atom stereocenters. The lowest BCUT2D eigenvalue weighted by molar-refractivity contribution is 0.103. The number of pyridine rings is 2. The highest BCUT2D eigenvalue weighted by atomic mass is 79.9. The van der Waals surface area contributed by atoms with Gasteiger partial charge in [-0.3, -0.25) is 4.79 Å². The maximum atomic E-state index is 13.0. The molecule has 0 aliphatic carbocycles. The number of nitrogens with zero attached hydrogens (tertiary/aromatic N) is 4. The fraction of sp³-hybridized carbons (Fsp3) is 0.500. The molecule has 2 saturated heterocycles. The highest BCUT2D eigenvalue weighted by Gasteiger charge is 2.27. The van der Waals surface area contributed by atoms with Crippen molar-refractivity contribution in [1.29, 1.82) is 0 Å². The van der Waals surface area contributed by atoms with E-state index in [1.807, 2.05) is 12.1 Å². The Bertz CT molecular complexity index is 874. The third kappa shape index (κ3) is 4.78. The van der Waals surface area contributed by atoms with E-state index in [-0.39, 0.29) is 13.0 Å². The highest BCUT2D eigenvalue weighted by Crippen LogP contribution is 2.26. The van der Waals surface area contributed by atoms with Crippen molar-refractivity contribution in [3.8, 4) is 0 Å². The van der Waals surface area contributed by atoms with Gasteiger partial charge in [0.15, 0.2) is 0 Å². The SMILES string of the molecule is Nc1ncc(Br)cc1C(=O)c1cccc(N2CCCCC2CN2CCCCC2)n1.[HH]. The van der Waals surface area contributed by atoms with Crippen LogP contribution in [0.5, 0.6) is 0 Å². The van der Waals surface area contributed by atoms with Crippen molar-refractivity contribution in [2.24, 2.45) is 0 Å². The molecule has 6 nitrogen and oxygen atoms in total. The van der Waals surface area contributed by atoms with Gasteiger partial charge in [-0.05, 0) is 79.3 Å². The third-order valence-corrected chi connectivity index (χ3v) is 6.37. The molecule has 4 rings (SSSR count). The summed E-state index contributed by atoms with van der Waals surface area (Å²) in [6.45, 7) is 4.48. The number of likely N-dealkylation sites (tertiary alicyclic amines) is 1. The van der Waals surface area contributed by atoms with Gasteiger partial charge in [0.25, 0.3) is 0 Å². The van der Waals surface area contributed by atoms with Gasteiger partial charge in [0.05, 0.1) is 5.56 Å². The molecule has 4 heterocycles. The van der Waals surface area contributed by atoms with Gasteiger partial charge in [0.1, 0.15) is 17.3 Å². The maximum absolute atomic E-state index is 13.0. The first kappa shape index (κ1) is 20.3. The van der Waals surface area contributed by atoms with Crippen molar-refractivity contribution in [2.45, 2.75) is 44.6 Å². The number of aromatic nitrogens is 2. The zero-order valence-electron chi connectivity index (χ0n) is 16.7. The predicted molar refractivity (Wildman–Crippen MR) is 121 cm³/mol. The molecule has 7 heteroatoms. The van der Waals surface area contributed by atoms with Gasteiger partial charge >= 0.3 is 0 Å². The van der Waals surface area contributed by atoms with E-state index in [0.29, 0.717) is 17.3 Å². The Labute approximate surface area is 182 Å². The number of carbonyl (C=O) groups is 1. The molecular weight excluding hydrogens is 430 g/mol. The van der Waals surface area contributed by atoms with E-state index in [2.05, 4.69) is 30.7 Å². The molecule has 29 heavy (non-hydrogen) atoms. The van der Waals surface area contributed by atoms with Gasteiger partial charge in [-0.2, -0.15) is 0 Å². The number of halogens is 1. The minimum absolute atomic E-state index is 0. The molecule has 2 aromatic heterocycles. The first-order chi connectivity index (χ1) is 14.1. The number of nitrogen functional groups attached to an aromatic ring is 1. The summed E-state index contributed by atoms with van der Waals surface area (Å²) in [6.07, 6.45) is 9.15. The number of nitrogens with two attached hydrogens (primary N) is 1. The molecule has 2 aliphatic rings. The molecule has 156 valence electrons. The quantitative estimate of drug-likeness (QED) is 0.676. The lowest BCUT2D eigenvalue weighted by atomic mass is 10.00. The maximum Gasteiger partial charge on any atom is 0.215 e. The largest absolute Gasteiger partial charge is 0.383 e. The summed E-state index contributed by atoms with van der Waals surface area (Å²) in [5, 5.41) is 0. The number of hydrogen-bond acceptors (Lipinski definition) is 6.